The lowest BCUT2D eigenvalue weighted by atomic mass is 10.1. The lowest BCUT2D eigenvalue weighted by Gasteiger charge is -2.15. The minimum Gasteiger partial charge on any atom is -0.479 e. The Kier molecular flexibility index (Phi) is 4.37. The van der Waals surface area contributed by atoms with Crippen LogP contribution in [0, 0.1) is 13.8 Å². The van der Waals surface area contributed by atoms with E-state index in [9.17, 15) is 14.7 Å². The second-order valence-corrected chi connectivity index (χ2v) is 4.84. The Labute approximate surface area is 122 Å². The van der Waals surface area contributed by atoms with Gasteiger partial charge in [-0.3, -0.25) is 9.89 Å². The highest BCUT2D eigenvalue weighted by Gasteiger charge is 2.22. The van der Waals surface area contributed by atoms with Gasteiger partial charge in [-0.1, -0.05) is 30.3 Å². The number of hydrogen-bond acceptors (Lipinski definition) is 3. The van der Waals surface area contributed by atoms with Crippen molar-refractivity contribution in [3.8, 4) is 0 Å². The van der Waals surface area contributed by atoms with Gasteiger partial charge in [0.25, 0.3) is 0 Å². The Bertz CT molecular complexity index is 630. The molecule has 1 heterocycles. The van der Waals surface area contributed by atoms with E-state index in [1.54, 1.807) is 37.3 Å². The van der Waals surface area contributed by atoms with E-state index in [4.69, 9.17) is 0 Å². The van der Waals surface area contributed by atoms with Gasteiger partial charge in [0, 0.05) is 11.3 Å². The Morgan fingerprint density at radius 1 is 1.29 bits per heavy atom. The van der Waals surface area contributed by atoms with Gasteiger partial charge in [0.05, 0.1) is 12.1 Å². The van der Waals surface area contributed by atoms with E-state index in [0.29, 0.717) is 5.56 Å². The van der Waals surface area contributed by atoms with Crippen LogP contribution in [0.5, 0.6) is 0 Å². The van der Waals surface area contributed by atoms with Gasteiger partial charge >= 0.3 is 5.97 Å². The maximum atomic E-state index is 12.1. The summed E-state index contributed by atoms with van der Waals surface area (Å²) >= 11 is 0. The number of nitrogens with zero attached hydrogens (tertiary/aromatic N) is 1. The number of carbonyl (C=O) groups is 2. The number of aromatic nitrogens is 2. The third-order valence-electron chi connectivity index (χ3n) is 3.30. The number of aryl methyl sites for hydroxylation is 2. The number of aromatic amines is 1. The molecule has 0 saturated heterocycles. The number of carbonyl (C=O) groups excluding carboxylic acids is 1. The molecule has 0 radical (unpaired) electrons. The number of H-pyrrole nitrogens is 1. The first kappa shape index (κ1) is 14.8. The maximum absolute atomic E-state index is 12.1. The molecule has 0 spiro atoms. The van der Waals surface area contributed by atoms with Gasteiger partial charge in [-0.05, 0) is 19.4 Å². The molecule has 1 aromatic heterocycles. The number of carboxylic acid groups (broad SMARTS) is 1. The molecule has 3 N–H and O–H groups in total. The van der Waals surface area contributed by atoms with Crippen molar-refractivity contribution < 1.29 is 14.7 Å². The van der Waals surface area contributed by atoms with Crippen LogP contribution in [0.4, 0.5) is 0 Å². The van der Waals surface area contributed by atoms with Crippen molar-refractivity contribution in [2.24, 2.45) is 0 Å². The first-order valence-corrected chi connectivity index (χ1v) is 6.56. The number of amides is 1. The molecule has 2 aromatic rings. The molecule has 0 fully saturated rings. The molecule has 110 valence electrons. The molecule has 1 aromatic carbocycles. The summed E-state index contributed by atoms with van der Waals surface area (Å²) in [4.78, 5) is 23.4. The van der Waals surface area contributed by atoms with Crippen molar-refractivity contribution in [2.75, 3.05) is 0 Å². The number of benzene rings is 1. The topological polar surface area (TPSA) is 95.1 Å². The van der Waals surface area contributed by atoms with Crippen molar-refractivity contribution in [3.63, 3.8) is 0 Å². The Balaban J connectivity index is 2.11. The van der Waals surface area contributed by atoms with Crippen LogP contribution in [0.1, 0.15) is 28.6 Å². The van der Waals surface area contributed by atoms with Crippen molar-refractivity contribution in [1.82, 2.24) is 15.5 Å². The highest BCUT2D eigenvalue weighted by Crippen LogP contribution is 2.14. The van der Waals surface area contributed by atoms with Crippen LogP contribution in [0.3, 0.4) is 0 Å². The highest BCUT2D eigenvalue weighted by molar-refractivity contribution is 5.86. The lowest BCUT2D eigenvalue weighted by Crippen LogP contribution is -2.34. The molecule has 6 heteroatoms. The fourth-order valence-electron chi connectivity index (χ4n) is 2.14. The second-order valence-electron chi connectivity index (χ2n) is 4.84. The van der Waals surface area contributed by atoms with Crippen LogP contribution in [0.25, 0.3) is 0 Å². The fraction of sp³-hybridized carbons (Fsp3) is 0.267. The maximum Gasteiger partial charge on any atom is 0.330 e. The predicted octanol–water partition coefficient (Wildman–Crippen LogP) is 1.51. The van der Waals surface area contributed by atoms with Crippen LogP contribution >= 0.6 is 0 Å². The Morgan fingerprint density at radius 3 is 2.48 bits per heavy atom. The molecule has 0 aliphatic carbocycles. The number of carboxylic acids is 1. The molecule has 2 rings (SSSR count). The Morgan fingerprint density at radius 2 is 1.95 bits per heavy atom. The summed E-state index contributed by atoms with van der Waals surface area (Å²) in [7, 11) is 0. The average molecular weight is 287 g/mol. The van der Waals surface area contributed by atoms with E-state index in [0.717, 1.165) is 17.0 Å². The molecule has 1 atom stereocenters. The normalized spacial score (nSPS) is 11.9. The standard InChI is InChI=1S/C15H17N3O3/c1-9-12(10(2)18-17-9)8-13(19)16-14(15(20)21)11-6-4-3-5-7-11/h3-7,14H,8H2,1-2H3,(H,16,19)(H,17,18)(H,20,21)/t14-/m0/s1. The minimum atomic E-state index is -1.09. The summed E-state index contributed by atoms with van der Waals surface area (Å²) in [5.41, 5.74) is 2.90. The molecule has 0 aliphatic heterocycles. The zero-order valence-electron chi connectivity index (χ0n) is 11.9. The molecule has 6 nitrogen and oxygen atoms in total. The summed E-state index contributed by atoms with van der Waals surface area (Å²) in [5, 5.41) is 18.6. The third-order valence-corrected chi connectivity index (χ3v) is 3.30. The molecule has 1 amide bonds. The van der Waals surface area contributed by atoms with E-state index in [1.165, 1.54) is 0 Å². The van der Waals surface area contributed by atoms with Crippen molar-refractivity contribution >= 4 is 11.9 Å². The third kappa shape index (κ3) is 3.47. The van der Waals surface area contributed by atoms with Gasteiger partial charge in [-0.15, -0.1) is 0 Å². The van der Waals surface area contributed by atoms with E-state index in [-0.39, 0.29) is 12.3 Å². The number of hydrogen-bond donors (Lipinski definition) is 3. The summed E-state index contributed by atoms with van der Waals surface area (Å²) < 4.78 is 0. The first-order chi connectivity index (χ1) is 9.99. The summed E-state index contributed by atoms with van der Waals surface area (Å²) in [6, 6.07) is 7.57. The number of aliphatic carboxylic acids is 1. The predicted molar refractivity (Wildman–Crippen MR) is 76.7 cm³/mol. The summed E-state index contributed by atoms with van der Waals surface area (Å²) in [6.07, 6.45) is 0.102. The highest BCUT2D eigenvalue weighted by atomic mass is 16.4. The Hall–Kier alpha value is -2.63. The quantitative estimate of drug-likeness (QED) is 0.776. The van der Waals surface area contributed by atoms with E-state index in [1.807, 2.05) is 6.92 Å². The largest absolute Gasteiger partial charge is 0.479 e. The monoisotopic (exact) mass is 287 g/mol. The molecule has 21 heavy (non-hydrogen) atoms. The van der Waals surface area contributed by atoms with Crippen molar-refractivity contribution in [1.29, 1.82) is 0 Å². The fourth-order valence-corrected chi connectivity index (χ4v) is 2.14. The SMILES string of the molecule is Cc1n[nH]c(C)c1CC(=O)N[C@H](C(=O)O)c1ccccc1. The lowest BCUT2D eigenvalue weighted by molar-refractivity contribution is -0.141. The van der Waals surface area contributed by atoms with Gasteiger partial charge in [0.2, 0.25) is 5.91 Å². The van der Waals surface area contributed by atoms with Gasteiger partial charge in [0.15, 0.2) is 6.04 Å². The van der Waals surface area contributed by atoms with Crippen molar-refractivity contribution in [2.45, 2.75) is 26.3 Å². The van der Waals surface area contributed by atoms with E-state index in [2.05, 4.69) is 15.5 Å². The molecule has 0 aliphatic rings. The molecule has 0 unspecified atom stereocenters. The van der Waals surface area contributed by atoms with Gasteiger partial charge in [-0.25, -0.2) is 4.79 Å². The zero-order valence-corrected chi connectivity index (χ0v) is 11.9. The second kappa shape index (κ2) is 6.21. The van der Waals surface area contributed by atoms with Gasteiger partial charge in [-0.2, -0.15) is 5.10 Å². The van der Waals surface area contributed by atoms with E-state index < -0.39 is 12.0 Å². The molecular formula is C15H17N3O3. The van der Waals surface area contributed by atoms with Crippen LogP contribution < -0.4 is 5.32 Å². The zero-order chi connectivity index (χ0) is 15.4. The first-order valence-electron chi connectivity index (χ1n) is 6.56. The smallest absolute Gasteiger partial charge is 0.330 e. The van der Waals surface area contributed by atoms with Gasteiger partial charge < -0.3 is 10.4 Å². The molecular weight excluding hydrogens is 270 g/mol. The number of nitrogens with one attached hydrogen (secondary N) is 2. The average Bonchev–Trinajstić information content (AvgIpc) is 2.77. The van der Waals surface area contributed by atoms with E-state index >= 15 is 0 Å². The molecule has 0 saturated carbocycles. The number of rotatable bonds is 5. The van der Waals surface area contributed by atoms with Crippen LogP contribution in [-0.2, 0) is 16.0 Å². The van der Waals surface area contributed by atoms with Crippen LogP contribution in [0.15, 0.2) is 30.3 Å². The van der Waals surface area contributed by atoms with Crippen molar-refractivity contribution in [3.05, 3.63) is 52.8 Å². The van der Waals surface area contributed by atoms with Gasteiger partial charge in [0.1, 0.15) is 0 Å². The van der Waals surface area contributed by atoms with Crippen LogP contribution in [-0.4, -0.2) is 27.2 Å². The summed E-state index contributed by atoms with van der Waals surface area (Å²) in [6.45, 7) is 3.63. The minimum absolute atomic E-state index is 0.102. The molecule has 0 bridgehead atoms. The summed E-state index contributed by atoms with van der Waals surface area (Å²) in [5.74, 6) is -1.44. The van der Waals surface area contributed by atoms with Crippen LogP contribution in [0.2, 0.25) is 0 Å².